The van der Waals surface area contributed by atoms with Gasteiger partial charge in [-0.1, -0.05) is 36.8 Å². The highest BCUT2D eigenvalue weighted by Crippen LogP contribution is 2.23. The molecule has 7 heteroatoms. The third-order valence-electron chi connectivity index (χ3n) is 2.66. The number of anilines is 1. The van der Waals surface area contributed by atoms with E-state index in [0.29, 0.717) is 15.9 Å². The first-order valence-electron chi connectivity index (χ1n) is 6.52. The fraction of sp³-hybridized carbons (Fsp3) is 0.357. The second-order valence-corrected chi connectivity index (χ2v) is 6.25. The molecule has 0 aliphatic rings. The topological polar surface area (TPSA) is 64.1 Å². The van der Waals surface area contributed by atoms with Crippen molar-refractivity contribution in [3.8, 4) is 5.75 Å². The van der Waals surface area contributed by atoms with Crippen LogP contribution >= 0.6 is 22.9 Å². The second kappa shape index (κ2) is 6.87. The Balaban J connectivity index is 1.94. The Bertz CT molecular complexity index is 613. The summed E-state index contributed by atoms with van der Waals surface area (Å²) in [6.45, 7) is 5.73. The molecule has 0 saturated heterocycles. The maximum Gasteiger partial charge on any atom is 0.266 e. The molecule has 2 aromatic rings. The van der Waals surface area contributed by atoms with Crippen molar-refractivity contribution in [1.82, 2.24) is 10.2 Å². The first-order valence-corrected chi connectivity index (χ1v) is 7.71. The highest BCUT2D eigenvalue weighted by Gasteiger charge is 2.17. The average molecular weight is 326 g/mol. The van der Waals surface area contributed by atoms with Gasteiger partial charge in [0.05, 0.1) is 0 Å². The summed E-state index contributed by atoms with van der Waals surface area (Å²) in [7, 11) is 0. The van der Waals surface area contributed by atoms with E-state index in [1.165, 1.54) is 11.3 Å². The van der Waals surface area contributed by atoms with Gasteiger partial charge in [0.1, 0.15) is 10.8 Å². The van der Waals surface area contributed by atoms with Crippen LogP contribution in [0.25, 0.3) is 0 Å². The highest BCUT2D eigenvalue weighted by molar-refractivity contribution is 7.15. The van der Waals surface area contributed by atoms with Gasteiger partial charge in [0.25, 0.3) is 5.91 Å². The molecule has 2 rings (SSSR count). The number of nitrogens with zero attached hydrogens (tertiary/aromatic N) is 2. The van der Waals surface area contributed by atoms with E-state index in [0.717, 1.165) is 5.01 Å². The van der Waals surface area contributed by atoms with Gasteiger partial charge in [-0.25, -0.2) is 0 Å². The minimum absolute atomic E-state index is 0.267. The van der Waals surface area contributed by atoms with E-state index >= 15 is 0 Å². The minimum atomic E-state index is -0.641. The molecule has 1 atom stereocenters. The molecule has 0 spiro atoms. The van der Waals surface area contributed by atoms with Crippen LogP contribution < -0.4 is 10.1 Å². The molecule has 1 heterocycles. The summed E-state index contributed by atoms with van der Waals surface area (Å²) in [6, 6.07) is 6.85. The maximum atomic E-state index is 12.0. The molecule has 0 bridgehead atoms. The van der Waals surface area contributed by atoms with Crippen LogP contribution in [0.2, 0.25) is 5.02 Å². The van der Waals surface area contributed by atoms with Crippen LogP contribution in [0.1, 0.15) is 31.7 Å². The van der Waals surface area contributed by atoms with Gasteiger partial charge in [-0.05, 0) is 31.2 Å². The molecule has 0 saturated carbocycles. The number of rotatable bonds is 5. The molecule has 1 amide bonds. The molecule has 0 radical (unpaired) electrons. The number of amides is 1. The minimum Gasteiger partial charge on any atom is -0.481 e. The van der Waals surface area contributed by atoms with Crippen molar-refractivity contribution in [3.63, 3.8) is 0 Å². The summed E-state index contributed by atoms with van der Waals surface area (Å²) in [5.41, 5.74) is 0. The van der Waals surface area contributed by atoms with E-state index in [1.54, 1.807) is 31.2 Å². The van der Waals surface area contributed by atoms with Crippen molar-refractivity contribution in [2.45, 2.75) is 32.8 Å². The summed E-state index contributed by atoms with van der Waals surface area (Å²) in [4.78, 5) is 12.0. The van der Waals surface area contributed by atoms with Crippen LogP contribution in [0.4, 0.5) is 5.13 Å². The number of nitrogens with one attached hydrogen (secondary N) is 1. The maximum absolute atomic E-state index is 12.0. The largest absolute Gasteiger partial charge is 0.481 e. The molecular weight excluding hydrogens is 310 g/mol. The Labute approximate surface area is 132 Å². The number of halogens is 1. The molecular formula is C14H16ClN3O2S. The summed E-state index contributed by atoms with van der Waals surface area (Å²) in [6.07, 6.45) is -0.641. The fourth-order valence-electron chi connectivity index (χ4n) is 1.50. The Morgan fingerprint density at radius 1 is 1.24 bits per heavy atom. The first-order chi connectivity index (χ1) is 9.95. The smallest absolute Gasteiger partial charge is 0.266 e. The van der Waals surface area contributed by atoms with Crippen LogP contribution in [0.3, 0.4) is 0 Å². The average Bonchev–Trinajstić information content (AvgIpc) is 2.90. The molecule has 1 aromatic heterocycles. The number of benzene rings is 1. The lowest BCUT2D eigenvalue weighted by Gasteiger charge is -2.13. The van der Waals surface area contributed by atoms with Gasteiger partial charge in [0.2, 0.25) is 5.13 Å². The Morgan fingerprint density at radius 2 is 1.90 bits per heavy atom. The molecule has 0 aliphatic heterocycles. The predicted molar refractivity (Wildman–Crippen MR) is 84.2 cm³/mol. The zero-order chi connectivity index (χ0) is 15.4. The van der Waals surface area contributed by atoms with Gasteiger partial charge < -0.3 is 4.74 Å². The van der Waals surface area contributed by atoms with Crippen LogP contribution in [0.5, 0.6) is 5.75 Å². The van der Waals surface area contributed by atoms with Crippen molar-refractivity contribution in [2.75, 3.05) is 5.32 Å². The quantitative estimate of drug-likeness (QED) is 0.910. The van der Waals surface area contributed by atoms with E-state index in [9.17, 15) is 4.79 Å². The van der Waals surface area contributed by atoms with Crippen LogP contribution in [0.15, 0.2) is 24.3 Å². The van der Waals surface area contributed by atoms with Gasteiger partial charge >= 0.3 is 0 Å². The van der Waals surface area contributed by atoms with Crippen molar-refractivity contribution in [3.05, 3.63) is 34.3 Å². The summed E-state index contributed by atoms with van der Waals surface area (Å²) < 4.78 is 5.54. The summed E-state index contributed by atoms with van der Waals surface area (Å²) in [5.74, 6) is 0.606. The molecule has 1 aromatic carbocycles. The lowest BCUT2D eigenvalue weighted by Crippen LogP contribution is -2.30. The van der Waals surface area contributed by atoms with Crippen LogP contribution in [-0.2, 0) is 4.79 Å². The van der Waals surface area contributed by atoms with Crippen molar-refractivity contribution in [2.24, 2.45) is 0 Å². The number of carbonyl (C=O) groups is 1. The van der Waals surface area contributed by atoms with Gasteiger partial charge in [-0.3, -0.25) is 10.1 Å². The monoisotopic (exact) mass is 325 g/mol. The highest BCUT2D eigenvalue weighted by atomic mass is 35.5. The molecule has 112 valence electrons. The van der Waals surface area contributed by atoms with E-state index < -0.39 is 6.10 Å². The van der Waals surface area contributed by atoms with E-state index in [4.69, 9.17) is 16.3 Å². The molecule has 1 N–H and O–H groups in total. The van der Waals surface area contributed by atoms with Crippen molar-refractivity contribution >= 4 is 34.0 Å². The SMILES string of the molecule is CC(Oc1ccc(Cl)cc1)C(=O)Nc1nnc(C(C)C)s1. The van der Waals surface area contributed by atoms with Gasteiger partial charge in [-0.2, -0.15) is 0 Å². The standard InChI is InChI=1S/C14H16ClN3O2S/c1-8(2)13-17-18-14(21-13)16-12(19)9(3)20-11-6-4-10(15)5-7-11/h4-9H,1-3H3,(H,16,18,19). The van der Waals surface area contributed by atoms with E-state index in [2.05, 4.69) is 15.5 Å². The molecule has 5 nitrogen and oxygen atoms in total. The number of hydrogen-bond acceptors (Lipinski definition) is 5. The second-order valence-electron chi connectivity index (χ2n) is 4.80. The van der Waals surface area contributed by atoms with E-state index in [-0.39, 0.29) is 11.8 Å². The predicted octanol–water partition coefficient (Wildman–Crippen LogP) is 3.72. The normalized spacial score (nSPS) is 12.2. The lowest BCUT2D eigenvalue weighted by molar-refractivity contribution is -0.122. The Kier molecular flexibility index (Phi) is 5.14. The molecule has 0 fully saturated rings. The summed E-state index contributed by atoms with van der Waals surface area (Å²) in [5, 5.41) is 12.7. The van der Waals surface area contributed by atoms with Gasteiger partial charge in [0, 0.05) is 10.9 Å². The number of aromatic nitrogens is 2. The third-order valence-corrected chi connectivity index (χ3v) is 4.05. The van der Waals surface area contributed by atoms with Gasteiger partial charge in [-0.15, -0.1) is 10.2 Å². The Morgan fingerprint density at radius 3 is 2.48 bits per heavy atom. The summed E-state index contributed by atoms with van der Waals surface area (Å²) >= 11 is 7.17. The first kappa shape index (κ1) is 15.7. The molecule has 0 aliphatic carbocycles. The number of carbonyl (C=O) groups excluding carboxylic acids is 1. The number of ether oxygens (including phenoxy) is 1. The third kappa shape index (κ3) is 4.41. The zero-order valence-electron chi connectivity index (χ0n) is 12.0. The zero-order valence-corrected chi connectivity index (χ0v) is 13.5. The molecule has 1 unspecified atom stereocenters. The Hall–Kier alpha value is -1.66. The van der Waals surface area contributed by atoms with E-state index in [1.807, 2.05) is 13.8 Å². The fourth-order valence-corrected chi connectivity index (χ4v) is 2.37. The van der Waals surface area contributed by atoms with Crippen molar-refractivity contribution in [1.29, 1.82) is 0 Å². The van der Waals surface area contributed by atoms with Crippen LogP contribution in [0, 0.1) is 0 Å². The molecule has 21 heavy (non-hydrogen) atoms. The lowest BCUT2D eigenvalue weighted by atomic mass is 10.2. The number of hydrogen-bond donors (Lipinski definition) is 1. The van der Waals surface area contributed by atoms with Crippen molar-refractivity contribution < 1.29 is 9.53 Å². The van der Waals surface area contributed by atoms with Gasteiger partial charge in [0.15, 0.2) is 6.10 Å². The van der Waals surface area contributed by atoms with Crippen LogP contribution in [-0.4, -0.2) is 22.2 Å².